The van der Waals surface area contributed by atoms with Gasteiger partial charge in [0.1, 0.15) is 5.00 Å². The fraction of sp³-hybridized carbons (Fsp3) is 0.0769. The zero-order valence-electron chi connectivity index (χ0n) is 10.1. The van der Waals surface area contributed by atoms with E-state index in [0.717, 1.165) is 8.45 Å². The third kappa shape index (κ3) is 3.32. The monoisotopic (exact) mass is 386 g/mol. The van der Waals surface area contributed by atoms with Gasteiger partial charge in [-0.1, -0.05) is 0 Å². The second kappa shape index (κ2) is 5.70. The Labute approximate surface area is 128 Å². The zero-order valence-corrected chi connectivity index (χ0v) is 13.0. The van der Waals surface area contributed by atoms with Gasteiger partial charge in [-0.2, -0.15) is 0 Å². The molecule has 2 amide bonds. The summed E-state index contributed by atoms with van der Waals surface area (Å²) in [5.74, 6) is -0.789. The van der Waals surface area contributed by atoms with E-state index >= 15 is 0 Å². The van der Waals surface area contributed by atoms with Crippen LogP contribution < -0.4 is 11.1 Å². The Bertz CT molecular complexity index is 635. The van der Waals surface area contributed by atoms with Gasteiger partial charge >= 0.3 is 0 Å². The molecule has 98 valence electrons. The molecule has 0 aliphatic heterocycles. The van der Waals surface area contributed by atoms with Gasteiger partial charge in [-0.3, -0.25) is 9.59 Å². The van der Waals surface area contributed by atoms with Crippen LogP contribution in [0.5, 0.6) is 0 Å². The van der Waals surface area contributed by atoms with Gasteiger partial charge in [-0.05, 0) is 59.8 Å². The maximum Gasteiger partial charge on any atom is 0.256 e. The molecule has 0 spiro atoms. The van der Waals surface area contributed by atoms with Crippen LogP contribution in [0.2, 0.25) is 0 Å². The normalized spacial score (nSPS) is 10.2. The van der Waals surface area contributed by atoms with Gasteiger partial charge in [0, 0.05) is 14.0 Å². The molecule has 3 N–H and O–H groups in total. The molecular formula is C13H11IN2O2S. The molecule has 0 saturated carbocycles. The Morgan fingerprint density at radius 1 is 1.26 bits per heavy atom. The summed E-state index contributed by atoms with van der Waals surface area (Å²) in [6, 6.07) is 8.86. The lowest BCUT2D eigenvalue weighted by molar-refractivity contribution is 0.100. The SMILES string of the molecule is Cc1cc(C(N)=O)c(NC(=O)c2ccc(I)cc2)s1. The molecule has 1 aromatic heterocycles. The topological polar surface area (TPSA) is 72.2 Å². The number of hydrogen-bond donors (Lipinski definition) is 2. The summed E-state index contributed by atoms with van der Waals surface area (Å²) in [4.78, 5) is 24.2. The molecule has 19 heavy (non-hydrogen) atoms. The van der Waals surface area contributed by atoms with Crippen molar-refractivity contribution in [3.8, 4) is 0 Å². The summed E-state index contributed by atoms with van der Waals surface area (Å²) < 4.78 is 1.05. The number of carbonyl (C=O) groups excluding carboxylic acids is 2. The fourth-order valence-corrected chi connectivity index (χ4v) is 2.84. The number of hydrogen-bond acceptors (Lipinski definition) is 3. The summed E-state index contributed by atoms with van der Waals surface area (Å²) in [7, 11) is 0. The molecule has 6 heteroatoms. The molecule has 4 nitrogen and oxygen atoms in total. The highest BCUT2D eigenvalue weighted by molar-refractivity contribution is 14.1. The lowest BCUT2D eigenvalue weighted by atomic mass is 10.2. The number of nitrogens with two attached hydrogens (primary N) is 1. The van der Waals surface area contributed by atoms with Crippen molar-refractivity contribution in [1.29, 1.82) is 0 Å². The first-order valence-electron chi connectivity index (χ1n) is 5.44. The smallest absolute Gasteiger partial charge is 0.256 e. The van der Waals surface area contributed by atoms with Crippen LogP contribution in [0, 0.1) is 10.5 Å². The predicted octanol–water partition coefficient (Wildman–Crippen LogP) is 3.01. The number of thiophene rings is 1. The van der Waals surface area contributed by atoms with E-state index in [1.54, 1.807) is 18.2 Å². The maximum absolute atomic E-state index is 12.1. The molecule has 0 fully saturated rings. The number of aryl methyl sites for hydroxylation is 1. The first-order valence-corrected chi connectivity index (χ1v) is 7.34. The van der Waals surface area contributed by atoms with Crippen molar-refractivity contribution in [2.45, 2.75) is 6.92 Å². The minimum Gasteiger partial charge on any atom is -0.366 e. The first-order chi connectivity index (χ1) is 8.97. The standard InChI is InChI=1S/C13H11IN2O2S/c1-7-6-10(11(15)17)13(19-7)16-12(18)8-2-4-9(14)5-3-8/h2-6H,1H3,(H2,15,17)(H,16,18). The number of benzene rings is 1. The number of nitrogens with one attached hydrogen (secondary N) is 1. The molecule has 0 aliphatic carbocycles. The van der Waals surface area contributed by atoms with E-state index in [1.807, 2.05) is 19.1 Å². The summed E-state index contributed by atoms with van der Waals surface area (Å²) in [5, 5.41) is 3.22. The molecule has 2 aromatic rings. The van der Waals surface area contributed by atoms with Crippen LogP contribution in [0.15, 0.2) is 30.3 Å². The van der Waals surface area contributed by atoms with E-state index in [1.165, 1.54) is 11.3 Å². The lowest BCUT2D eigenvalue weighted by Gasteiger charge is -2.04. The molecule has 0 bridgehead atoms. The second-order valence-electron chi connectivity index (χ2n) is 3.93. The molecule has 0 saturated heterocycles. The lowest BCUT2D eigenvalue weighted by Crippen LogP contribution is -2.16. The average molecular weight is 386 g/mol. The van der Waals surface area contributed by atoms with E-state index in [9.17, 15) is 9.59 Å². The van der Waals surface area contributed by atoms with Gasteiger partial charge in [0.15, 0.2) is 0 Å². The molecule has 0 radical (unpaired) electrons. The Hall–Kier alpha value is -1.41. The van der Waals surface area contributed by atoms with Crippen LogP contribution in [0.25, 0.3) is 0 Å². The number of amides is 2. The van der Waals surface area contributed by atoms with Crippen LogP contribution in [-0.4, -0.2) is 11.8 Å². The van der Waals surface area contributed by atoms with E-state index in [4.69, 9.17) is 5.73 Å². The van der Waals surface area contributed by atoms with Crippen LogP contribution in [-0.2, 0) is 0 Å². The van der Waals surface area contributed by atoms with Crippen molar-refractivity contribution in [2.24, 2.45) is 5.73 Å². The zero-order chi connectivity index (χ0) is 14.0. The summed E-state index contributed by atoms with van der Waals surface area (Å²) >= 11 is 3.50. The molecule has 0 aliphatic rings. The largest absolute Gasteiger partial charge is 0.366 e. The second-order valence-corrected chi connectivity index (χ2v) is 6.43. The minimum atomic E-state index is -0.540. The van der Waals surface area contributed by atoms with Crippen molar-refractivity contribution in [1.82, 2.24) is 0 Å². The Kier molecular flexibility index (Phi) is 4.20. The highest BCUT2D eigenvalue weighted by Crippen LogP contribution is 2.27. The highest BCUT2D eigenvalue weighted by Gasteiger charge is 2.15. The average Bonchev–Trinajstić information content (AvgIpc) is 2.71. The van der Waals surface area contributed by atoms with Crippen molar-refractivity contribution in [3.63, 3.8) is 0 Å². The number of rotatable bonds is 3. The summed E-state index contributed by atoms with van der Waals surface area (Å²) in [6.45, 7) is 1.86. The number of primary amides is 1. The van der Waals surface area contributed by atoms with Gasteiger partial charge in [-0.15, -0.1) is 11.3 Å². The van der Waals surface area contributed by atoms with Gasteiger partial charge in [0.2, 0.25) is 0 Å². The van der Waals surface area contributed by atoms with Gasteiger partial charge in [-0.25, -0.2) is 0 Å². The van der Waals surface area contributed by atoms with Gasteiger partial charge in [0.05, 0.1) is 5.56 Å². The Morgan fingerprint density at radius 3 is 2.47 bits per heavy atom. The first kappa shape index (κ1) is 14.0. The van der Waals surface area contributed by atoms with E-state index in [-0.39, 0.29) is 5.91 Å². The fourth-order valence-electron chi connectivity index (χ4n) is 1.57. The van der Waals surface area contributed by atoms with E-state index in [2.05, 4.69) is 27.9 Å². The minimum absolute atomic E-state index is 0.249. The number of halogens is 1. The van der Waals surface area contributed by atoms with Crippen molar-refractivity contribution < 1.29 is 9.59 Å². The van der Waals surface area contributed by atoms with Crippen molar-refractivity contribution in [2.75, 3.05) is 5.32 Å². The van der Waals surface area contributed by atoms with Crippen molar-refractivity contribution in [3.05, 3.63) is 49.9 Å². The van der Waals surface area contributed by atoms with Crippen LogP contribution in [0.1, 0.15) is 25.6 Å². The van der Waals surface area contributed by atoms with Crippen LogP contribution in [0.3, 0.4) is 0 Å². The van der Waals surface area contributed by atoms with Crippen LogP contribution >= 0.6 is 33.9 Å². The molecule has 1 heterocycles. The summed E-state index contributed by atoms with van der Waals surface area (Å²) in [5.41, 5.74) is 6.17. The Balaban J connectivity index is 2.24. The third-order valence-electron chi connectivity index (χ3n) is 2.45. The molecular weight excluding hydrogens is 375 g/mol. The quantitative estimate of drug-likeness (QED) is 0.797. The van der Waals surface area contributed by atoms with E-state index in [0.29, 0.717) is 16.1 Å². The number of carbonyl (C=O) groups is 2. The molecule has 0 atom stereocenters. The van der Waals surface area contributed by atoms with Crippen molar-refractivity contribution >= 4 is 50.7 Å². The highest BCUT2D eigenvalue weighted by atomic mass is 127. The van der Waals surface area contributed by atoms with Gasteiger partial charge in [0.25, 0.3) is 11.8 Å². The predicted molar refractivity (Wildman–Crippen MR) is 84.7 cm³/mol. The van der Waals surface area contributed by atoms with Crippen LogP contribution in [0.4, 0.5) is 5.00 Å². The van der Waals surface area contributed by atoms with Gasteiger partial charge < -0.3 is 11.1 Å². The molecule has 0 unspecified atom stereocenters. The maximum atomic E-state index is 12.1. The third-order valence-corrected chi connectivity index (χ3v) is 4.14. The Morgan fingerprint density at radius 2 is 1.89 bits per heavy atom. The van der Waals surface area contributed by atoms with E-state index < -0.39 is 5.91 Å². The summed E-state index contributed by atoms with van der Waals surface area (Å²) in [6.07, 6.45) is 0. The molecule has 2 rings (SSSR count). The molecule has 1 aromatic carbocycles. The number of anilines is 1.